The molecule has 1 aliphatic heterocycles. The number of carbonyl (C=O) groups is 1. The van der Waals surface area contributed by atoms with E-state index >= 15 is 0 Å². The van der Waals surface area contributed by atoms with Crippen molar-refractivity contribution in [2.75, 3.05) is 32.7 Å². The second-order valence-electron chi connectivity index (χ2n) is 9.58. The third-order valence-corrected chi connectivity index (χ3v) is 8.20. The van der Waals surface area contributed by atoms with Crippen LogP contribution in [0.1, 0.15) is 54.7 Å². The van der Waals surface area contributed by atoms with Gasteiger partial charge in [0, 0.05) is 31.1 Å². The summed E-state index contributed by atoms with van der Waals surface area (Å²) in [5.41, 5.74) is 1.71. The van der Waals surface area contributed by atoms with E-state index in [1.807, 2.05) is 59.5 Å². The van der Waals surface area contributed by atoms with E-state index in [0.29, 0.717) is 5.75 Å². The zero-order chi connectivity index (χ0) is 23.9. The topological polar surface area (TPSA) is 67.2 Å². The number of tetrazole rings is 1. The van der Waals surface area contributed by atoms with E-state index in [1.165, 1.54) is 38.6 Å². The van der Waals surface area contributed by atoms with Crippen molar-refractivity contribution in [3.63, 3.8) is 0 Å². The SMILES string of the molecule is O=C(c1ccccc1SCc1nnnn1-c1ccccc1)N1CCCN(CC2CCCCC2)CC1. The highest BCUT2D eigenvalue weighted by Gasteiger charge is 2.24. The highest BCUT2D eigenvalue weighted by atomic mass is 32.2. The lowest BCUT2D eigenvalue weighted by Gasteiger charge is -2.29. The molecule has 7 nitrogen and oxygen atoms in total. The number of nitrogens with zero attached hydrogens (tertiary/aromatic N) is 6. The number of hydrogen-bond acceptors (Lipinski definition) is 6. The van der Waals surface area contributed by atoms with E-state index in [-0.39, 0.29) is 5.91 Å². The first-order valence-corrected chi connectivity index (χ1v) is 13.8. The molecule has 5 rings (SSSR count). The van der Waals surface area contributed by atoms with Gasteiger partial charge in [0.05, 0.1) is 17.0 Å². The Labute approximate surface area is 211 Å². The van der Waals surface area contributed by atoms with Crippen LogP contribution in [0.15, 0.2) is 59.5 Å². The van der Waals surface area contributed by atoms with E-state index < -0.39 is 0 Å². The molecule has 0 atom stereocenters. The Bertz CT molecular complexity index is 1100. The van der Waals surface area contributed by atoms with Gasteiger partial charge in [-0.1, -0.05) is 49.6 Å². The summed E-state index contributed by atoms with van der Waals surface area (Å²) in [5.74, 6) is 2.32. The fourth-order valence-corrected chi connectivity index (χ4v) is 6.19. The van der Waals surface area contributed by atoms with Gasteiger partial charge < -0.3 is 9.80 Å². The van der Waals surface area contributed by atoms with Crippen LogP contribution in [0.25, 0.3) is 5.69 Å². The van der Waals surface area contributed by atoms with Crippen molar-refractivity contribution in [2.45, 2.75) is 49.2 Å². The number of aromatic nitrogens is 4. The van der Waals surface area contributed by atoms with Crippen LogP contribution in [0.4, 0.5) is 0 Å². The van der Waals surface area contributed by atoms with E-state index in [1.54, 1.807) is 16.4 Å². The molecule has 1 aromatic heterocycles. The fraction of sp³-hybridized carbons (Fsp3) is 0.481. The first-order valence-electron chi connectivity index (χ1n) is 12.8. The predicted molar refractivity (Wildman–Crippen MR) is 139 cm³/mol. The average Bonchev–Trinajstić information content (AvgIpc) is 3.26. The first kappa shape index (κ1) is 24.0. The van der Waals surface area contributed by atoms with Crippen molar-refractivity contribution in [2.24, 2.45) is 5.92 Å². The monoisotopic (exact) mass is 490 g/mol. The summed E-state index contributed by atoms with van der Waals surface area (Å²) < 4.78 is 1.76. The standard InChI is InChI=1S/C27H34N6OS/c34-27(32-17-9-16-31(18-19-32)20-22-10-3-1-4-11-22)24-14-7-8-15-25(24)35-21-26-28-29-30-33(26)23-12-5-2-6-13-23/h2,5-8,12-15,22H,1,3-4,9-11,16-21H2. The Morgan fingerprint density at radius 3 is 2.54 bits per heavy atom. The van der Waals surface area contributed by atoms with Crippen LogP contribution < -0.4 is 0 Å². The summed E-state index contributed by atoms with van der Waals surface area (Å²) in [6.07, 6.45) is 7.95. The van der Waals surface area contributed by atoms with E-state index in [2.05, 4.69) is 20.4 Å². The third-order valence-electron chi connectivity index (χ3n) is 7.13. The second kappa shape index (κ2) is 11.8. The van der Waals surface area contributed by atoms with Gasteiger partial charge in [-0.05, 0) is 66.4 Å². The Morgan fingerprint density at radius 2 is 1.69 bits per heavy atom. The van der Waals surface area contributed by atoms with E-state index in [4.69, 9.17) is 0 Å². The van der Waals surface area contributed by atoms with Crippen LogP contribution in [0.5, 0.6) is 0 Å². The number of hydrogen-bond donors (Lipinski definition) is 0. The van der Waals surface area contributed by atoms with Crippen LogP contribution in [0.3, 0.4) is 0 Å². The van der Waals surface area contributed by atoms with Gasteiger partial charge in [0.2, 0.25) is 0 Å². The number of rotatable bonds is 7. The highest BCUT2D eigenvalue weighted by molar-refractivity contribution is 7.98. The molecule has 0 bridgehead atoms. The third kappa shape index (κ3) is 6.11. The average molecular weight is 491 g/mol. The van der Waals surface area contributed by atoms with Crippen molar-refractivity contribution in [3.8, 4) is 5.69 Å². The number of para-hydroxylation sites is 1. The zero-order valence-corrected chi connectivity index (χ0v) is 21.1. The van der Waals surface area contributed by atoms with Crippen LogP contribution in [-0.4, -0.2) is 68.6 Å². The maximum atomic E-state index is 13.6. The second-order valence-corrected chi connectivity index (χ2v) is 10.6. The molecule has 2 heterocycles. The lowest BCUT2D eigenvalue weighted by Crippen LogP contribution is -2.37. The van der Waals surface area contributed by atoms with Crippen molar-refractivity contribution >= 4 is 17.7 Å². The molecule has 35 heavy (non-hydrogen) atoms. The summed E-state index contributed by atoms with van der Waals surface area (Å²) in [5, 5.41) is 12.2. The number of benzene rings is 2. The molecule has 1 aliphatic carbocycles. The van der Waals surface area contributed by atoms with Gasteiger partial charge in [-0.15, -0.1) is 16.9 Å². The van der Waals surface area contributed by atoms with Crippen molar-refractivity contribution in [3.05, 3.63) is 66.0 Å². The minimum Gasteiger partial charge on any atom is -0.337 e. The highest BCUT2D eigenvalue weighted by Crippen LogP contribution is 2.28. The largest absolute Gasteiger partial charge is 0.337 e. The maximum absolute atomic E-state index is 13.6. The molecule has 2 aromatic carbocycles. The molecule has 3 aromatic rings. The van der Waals surface area contributed by atoms with Gasteiger partial charge >= 0.3 is 0 Å². The molecular formula is C27H34N6OS. The fourth-order valence-electron chi connectivity index (χ4n) is 5.24. The van der Waals surface area contributed by atoms with Crippen molar-refractivity contribution in [1.29, 1.82) is 0 Å². The minimum atomic E-state index is 0.135. The molecule has 0 N–H and O–H groups in total. The predicted octanol–water partition coefficient (Wildman–Crippen LogP) is 4.68. The van der Waals surface area contributed by atoms with Crippen LogP contribution in [0, 0.1) is 5.92 Å². The minimum absolute atomic E-state index is 0.135. The molecule has 0 radical (unpaired) electrons. The lowest BCUT2D eigenvalue weighted by atomic mass is 9.89. The normalized spacial score (nSPS) is 17.9. The zero-order valence-electron chi connectivity index (χ0n) is 20.3. The summed E-state index contributed by atoms with van der Waals surface area (Å²) in [4.78, 5) is 19.2. The molecular weight excluding hydrogens is 456 g/mol. The summed E-state index contributed by atoms with van der Waals surface area (Å²) in [6, 6.07) is 17.8. The van der Waals surface area contributed by atoms with Gasteiger partial charge in [-0.25, -0.2) is 0 Å². The lowest BCUT2D eigenvalue weighted by molar-refractivity contribution is 0.0756. The summed E-state index contributed by atoms with van der Waals surface area (Å²) >= 11 is 1.61. The Kier molecular flexibility index (Phi) is 8.10. The van der Waals surface area contributed by atoms with Gasteiger partial charge in [0.25, 0.3) is 5.91 Å². The van der Waals surface area contributed by atoms with Crippen molar-refractivity contribution in [1.82, 2.24) is 30.0 Å². The van der Waals surface area contributed by atoms with Gasteiger partial charge in [0.15, 0.2) is 5.82 Å². The Balaban J connectivity index is 1.22. The number of thioether (sulfide) groups is 1. The van der Waals surface area contributed by atoms with Gasteiger partial charge in [-0.3, -0.25) is 4.79 Å². The number of amides is 1. The Hall–Kier alpha value is -2.71. The molecule has 2 fully saturated rings. The first-order chi connectivity index (χ1) is 17.3. The van der Waals surface area contributed by atoms with Crippen molar-refractivity contribution < 1.29 is 4.79 Å². The molecule has 1 saturated heterocycles. The summed E-state index contributed by atoms with van der Waals surface area (Å²) in [6.45, 7) is 4.90. The molecule has 1 saturated carbocycles. The quantitative estimate of drug-likeness (QED) is 0.448. The van der Waals surface area contributed by atoms with E-state index in [0.717, 1.165) is 60.5 Å². The van der Waals surface area contributed by atoms with E-state index in [9.17, 15) is 4.79 Å². The maximum Gasteiger partial charge on any atom is 0.255 e. The van der Waals surface area contributed by atoms with Gasteiger partial charge in [0.1, 0.15) is 0 Å². The Morgan fingerprint density at radius 1 is 0.886 bits per heavy atom. The smallest absolute Gasteiger partial charge is 0.255 e. The van der Waals surface area contributed by atoms with Crippen LogP contribution in [0.2, 0.25) is 0 Å². The molecule has 8 heteroatoms. The molecule has 1 amide bonds. The van der Waals surface area contributed by atoms with Crippen LogP contribution >= 0.6 is 11.8 Å². The molecule has 0 spiro atoms. The molecule has 184 valence electrons. The molecule has 2 aliphatic rings. The number of carbonyl (C=O) groups excluding carboxylic acids is 1. The van der Waals surface area contributed by atoms with Gasteiger partial charge in [-0.2, -0.15) is 4.68 Å². The molecule has 0 unspecified atom stereocenters. The summed E-state index contributed by atoms with van der Waals surface area (Å²) in [7, 11) is 0. The van der Waals surface area contributed by atoms with Crippen LogP contribution in [-0.2, 0) is 5.75 Å².